The molecular formula is C77H136O6. The van der Waals surface area contributed by atoms with Gasteiger partial charge in [0.15, 0.2) is 6.10 Å². The van der Waals surface area contributed by atoms with Crippen LogP contribution in [0.1, 0.15) is 367 Å². The van der Waals surface area contributed by atoms with Crippen LogP contribution < -0.4 is 0 Å². The molecule has 0 heterocycles. The lowest BCUT2D eigenvalue weighted by Gasteiger charge is -2.18. The monoisotopic (exact) mass is 1160 g/mol. The maximum atomic E-state index is 13.0. The van der Waals surface area contributed by atoms with Crippen LogP contribution in [0.25, 0.3) is 0 Å². The maximum Gasteiger partial charge on any atom is 0.306 e. The predicted molar refractivity (Wildman–Crippen MR) is 362 cm³/mol. The number of carbonyl (C=O) groups is 3. The summed E-state index contributed by atoms with van der Waals surface area (Å²) in [6.45, 7) is 6.62. The number of hydrogen-bond acceptors (Lipinski definition) is 6. The third kappa shape index (κ3) is 69.3. The normalized spacial score (nSPS) is 12.6. The van der Waals surface area contributed by atoms with E-state index in [1.807, 2.05) is 0 Å². The van der Waals surface area contributed by atoms with Crippen LogP contribution in [0.5, 0.6) is 0 Å². The average Bonchev–Trinajstić information content (AvgIpc) is 3.49. The summed E-state index contributed by atoms with van der Waals surface area (Å²) in [5.41, 5.74) is 0. The third-order valence-corrected chi connectivity index (χ3v) is 15.8. The van der Waals surface area contributed by atoms with Gasteiger partial charge >= 0.3 is 17.9 Å². The molecule has 0 aromatic rings. The molecule has 0 amide bonds. The quantitative estimate of drug-likeness (QED) is 0.0261. The van der Waals surface area contributed by atoms with Gasteiger partial charge in [0.25, 0.3) is 0 Å². The molecule has 83 heavy (non-hydrogen) atoms. The van der Waals surface area contributed by atoms with E-state index in [-0.39, 0.29) is 31.1 Å². The summed E-state index contributed by atoms with van der Waals surface area (Å²) in [5.74, 6) is -0.886. The number of ether oxygens (including phenoxy) is 3. The molecule has 0 aromatic heterocycles. The molecule has 6 nitrogen and oxygen atoms in total. The van der Waals surface area contributed by atoms with Gasteiger partial charge in [0.1, 0.15) is 13.2 Å². The van der Waals surface area contributed by atoms with E-state index in [4.69, 9.17) is 14.2 Å². The Morgan fingerprint density at radius 2 is 0.434 bits per heavy atom. The fraction of sp³-hybridized carbons (Fsp3) is 0.779. The number of carbonyl (C=O) groups excluding carboxylic acids is 3. The number of rotatable bonds is 66. The van der Waals surface area contributed by atoms with E-state index >= 15 is 0 Å². The zero-order valence-corrected chi connectivity index (χ0v) is 55.2. The van der Waals surface area contributed by atoms with E-state index in [0.29, 0.717) is 19.3 Å². The van der Waals surface area contributed by atoms with Gasteiger partial charge < -0.3 is 14.2 Å². The molecule has 480 valence electrons. The zero-order chi connectivity index (χ0) is 59.9. The molecule has 0 radical (unpaired) electrons. The minimum Gasteiger partial charge on any atom is -0.462 e. The van der Waals surface area contributed by atoms with Gasteiger partial charge in [0.2, 0.25) is 0 Å². The zero-order valence-electron chi connectivity index (χ0n) is 55.2. The number of hydrogen-bond donors (Lipinski definition) is 0. The molecule has 0 bridgehead atoms. The molecule has 0 aliphatic heterocycles. The molecule has 0 fully saturated rings. The van der Waals surface area contributed by atoms with Gasteiger partial charge in [0.05, 0.1) is 0 Å². The van der Waals surface area contributed by atoms with Crippen molar-refractivity contribution in [2.75, 3.05) is 13.2 Å². The van der Waals surface area contributed by atoms with Crippen molar-refractivity contribution in [1.82, 2.24) is 0 Å². The standard InChI is InChI=1S/C77H136O6/c1-4-7-10-13-16-19-22-25-28-30-32-34-36-37-38-39-41-42-44-46-49-52-55-58-61-64-67-70-76(79)82-73-74(72-81-75(78)69-66-63-60-57-54-51-48-27-24-21-18-15-12-9-6-3)83-77(80)71-68-65-62-59-56-53-50-47-45-43-40-35-33-31-29-26-23-20-17-14-11-8-5-2/h18,21-23,25-27,30-33,40,43,48,74H,4-17,19-20,24,28-29,34-39,41-42,44-47,49-73H2,1-3H3/b21-18-,25-22-,26-23-,32-30-,33-31-,43-40-,48-27-. The van der Waals surface area contributed by atoms with Gasteiger partial charge in [-0.3, -0.25) is 14.4 Å². The van der Waals surface area contributed by atoms with E-state index in [1.165, 1.54) is 225 Å². The van der Waals surface area contributed by atoms with Gasteiger partial charge in [-0.2, -0.15) is 0 Å². The van der Waals surface area contributed by atoms with Crippen molar-refractivity contribution >= 4 is 17.9 Å². The van der Waals surface area contributed by atoms with Crippen LogP contribution in [0.4, 0.5) is 0 Å². The van der Waals surface area contributed by atoms with Gasteiger partial charge in [-0.1, -0.05) is 311 Å². The highest BCUT2D eigenvalue weighted by molar-refractivity contribution is 5.71. The Hall–Kier alpha value is -3.41. The van der Waals surface area contributed by atoms with Crippen molar-refractivity contribution in [1.29, 1.82) is 0 Å². The lowest BCUT2D eigenvalue weighted by atomic mass is 10.0. The van der Waals surface area contributed by atoms with Crippen molar-refractivity contribution in [2.24, 2.45) is 0 Å². The maximum absolute atomic E-state index is 13.0. The highest BCUT2D eigenvalue weighted by atomic mass is 16.6. The molecular weight excluding hydrogens is 1020 g/mol. The Balaban J connectivity index is 4.32. The van der Waals surface area contributed by atoms with Crippen LogP contribution in [0, 0.1) is 0 Å². The minimum atomic E-state index is -0.789. The second-order valence-corrected chi connectivity index (χ2v) is 24.1. The van der Waals surface area contributed by atoms with Crippen molar-refractivity contribution in [3.05, 3.63) is 85.1 Å². The number of unbranched alkanes of at least 4 members (excludes halogenated alkanes) is 41. The molecule has 0 spiro atoms. The summed E-state index contributed by atoms with van der Waals surface area (Å²) < 4.78 is 17.0. The molecule has 0 aliphatic rings. The molecule has 6 heteroatoms. The lowest BCUT2D eigenvalue weighted by Crippen LogP contribution is -2.30. The van der Waals surface area contributed by atoms with Crippen molar-refractivity contribution in [3.63, 3.8) is 0 Å². The van der Waals surface area contributed by atoms with E-state index in [0.717, 1.165) is 103 Å². The first-order valence-corrected chi connectivity index (χ1v) is 36.1. The van der Waals surface area contributed by atoms with Gasteiger partial charge in [-0.25, -0.2) is 0 Å². The highest BCUT2D eigenvalue weighted by Crippen LogP contribution is 2.17. The molecule has 0 saturated carbocycles. The fourth-order valence-corrected chi connectivity index (χ4v) is 10.4. The summed E-state index contributed by atoms with van der Waals surface area (Å²) in [7, 11) is 0. The Morgan fingerprint density at radius 3 is 0.699 bits per heavy atom. The van der Waals surface area contributed by atoms with Crippen LogP contribution in [-0.2, 0) is 28.6 Å². The SMILES string of the molecule is CCCCC/C=C\C/C=C\CCCCCCCC(=O)OCC(COC(=O)CCCCCCCCCCCCCCCCC/C=C\C/C=C\CCCCCCC)OC(=O)CCCCCCCCCC/C=C\C/C=C\C/C=C\CCCCCCC. The number of allylic oxidation sites excluding steroid dienone is 14. The molecule has 0 aromatic carbocycles. The third-order valence-electron chi connectivity index (χ3n) is 15.8. The largest absolute Gasteiger partial charge is 0.462 e. The first-order chi connectivity index (χ1) is 41.0. The molecule has 0 rings (SSSR count). The minimum absolute atomic E-state index is 0.0821. The highest BCUT2D eigenvalue weighted by Gasteiger charge is 2.19. The van der Waals surface area contributed by atoms with Gasteiger partial charge in [0, 0.05) is 19.3 Å². The van der Waals surface area contributed by atoms with E-state index in [1.54, 1.807) is 0 Å². The summed E-state index contributed by atoms with van der Waals surface area (Å²) in [5, 5.41) is 0. The molecule has 1 atom stereocenters. The van der Waals surface area contributed by atoms with Crippen LogP contribution in [0.15, 0.2) is 85.1 Å². The van der Waals surface area contributed by atoms with Gasteiger partial charge in [-0.15, -0.1) is 0 Å². The molecule has 1 unspecified atom stereocenters. The first kappa shape index (κ1) is 79.6. The van der Waals surface area contributed by atoms with Crippen LogP contribution in [0.3, 0.4) is 0 Å². The summed E-state index contributed by atoms with van der Waals surface area (Å²) >= 11 is 0. The summed E-state index contributed by atoms with van der Waals surface area (Å²) in [6, 6.07) is 0. The Kier molecular flexibility index (Phi) is 68.2. The van der Waals surface area contributed by atoms with Crippen LogP contribution in [0.2, 0.25) is 0 Å². The van der Waals surface area contributed by atoms with E-state index < -0.39 is 6.10 Å². The Bertz CT molecular complexity index is 1570. The second kappa shape index (κ2) is 71.1. The summed E-state index contributed by atoms with van der Waals surface area (Å²) in [6.07, 6.45) is 94.6. The van der Waals surface area contributed by atoms with Crippen molar-refractivity contribution in [2.45, 2.75) is 374 Å². The topological polar surface area (TPSA) is 78.9 Å². The Morgan fingerprint density at radius 1 is 0.241 bits per heavy atom. The van der Waals surface area contributed by atoms with Crippen LogP contribution in [-0.4, -0.2) is 37.2 Å². The second-order valence-electron chi connectivity index (χ2n) is 24.1. The van der Waals surface area contributed by atoms with Crippen molar-refractivity contribution < 1.29 is 28.6 Å². The van der Waals surface area contributed by atoms with E-state index in [9.17, 15) is 14.4 Å². The molecule has 0 aliphatic carbocycles. The average molecular weight is 1160 g/mol. The first-order valence-electron chi connectivity index (χ1n) is 36.1. The number of esters is 3. The van der Waals surface area contributed by atoms with Crippen LogP contribution >= 0.6 is 0 Å². The Labute approximate surface area is 515 Å². The van der Waals surface area contributed by atoms with E-state index in [2.05, 4.69) is 106 Å². The molecule has 0 N–H and O–H groups in total. The smallest absolute Gasteiger partial charge is 0.306 e. The van der Waals surface area contributed by atoms with Gasteiger partial charge in [-0.05, 0) is 122 Å². The van der Waals surface area contributed by atoms with Crippen molar-refractivity contribution in [3.8, 4) is 0 Å². The predicted octanol–water partition coefficient (Wildman–Crippen LogP) is 25.0. The fourth-order valence-electron chi connectivity index (χ4n) is 10.4. The lowest BCUT2D eigenvalue weighted by molar-refractivity contribution is -0.167. The summed E-state index contributed by atoms with van der Waals surface area (Å²) in [4.78, 5) is 38.5. The molecule has 0 saturated heterocycles.